The highest BCUT2D eigenvalue weighted by Crippen LogP contribution is 2.32. The Hall–Kier alpha value is -2.94. The van der Waals surface area contributed by atoms with Gasteiger partial charge in [0.1, 0.15) is 11.5 Å². The average molecular weight is 303 g/mol. The summed E-state index contributed by atoms with van der Waals surface area (Å²) in [6.45, 7) is 0. The second-order valence-electron chi connectivity index (χ2n) is 5.57. The maximum absolute atomic E-state index is 5.36. The van der Waals surface area contributed by atoms with E-state index < -0.39 is 0 Å². The van der Waals surface area contributed by atoms with Gasteiger partial charge in [0, 0.05) is 28.2 Å². The topological polar surface area (TPSA) is 34.2 Å². The van der Waals surface area contributed by atoms with Gasteiger partial charge in [0.15, 0.2) is 0 Å². The molecular formula is C20H17NO2. The predicted octanol–water partition coefficient (Wildman–Crippen LogP) is 5.01. The predicted molar refractivity (Wildman–Crippen MR) is 94.3 cm³/mol. The van der Waals surface area contributed by atoms with E-state index in [9.17, 15) is 0 Å². The lowest BCUT2D eigenvalue weighted by Crippen LogP contribution is -1.88. The molecule has 4 aromatic rings. The van der Waals surface area contributed by atoms with E-state index >= 15 is 0 Å². The van der Waals surface area contributed by atoms with Crippen molar-refractivity contribution in [3.8, 4) is 22.8 Å². The van der Waals surface area contributed by atoms with E-state index in [1.165, 1.54) is 16.2 Å². The van der Waals surface area contributed by atoms with Gasteiger partial charge in [0.25, 0.3) is 0 Å². The van der Waals surface area contributed by atoms with E-state index in [-0.39, 0.29) is 0 Å². The van der Waals surface area contributed by atoms with Gasteiger partial charge < -0.3 is 14.5 Å². The third-order valence-electron chi connectivity index (χ3n) is 4.15. The molecule has 23 heavy (non-hydrogen) atoms. The molecule has 0 amide bonds. The Morgan fingerprint density at radius 1 is 0.696 bits per heavy atom. The lowest BCUT2D eigenvalue weighted by molar-refractivity contribution is 0.394. The molecule has 4 rings (SSSR count). The molecule has 3 heteroatoms. The largest absolute Gasteiger partial charge is 0.497 e. The molecule has 0 spiro atoms. The van der Waals surface area contributed by atoms with Gasteiger partial charge in [-0.1, -0.05) is 24.3 Å². The van der Waals surface area contributed by atoms with Gasteiger partial charge in [-0.05, 0) is 41.1 Å². The van der Waals surface area contributed by atoms with Crippen LogP contribution in [0.3, 0.4) is 0 Å². The van der Waals surface area contributed by atoms with Crippen molar-refractivity contribution >= 4 is 21.7 Å². The number of ether oxygens (including phenoxy) is 2. The number of rotatable bonds is 3. The van der Waals surface area contributed by atoms with E-state index in [1.54, 1.807) is 14.2 Å². The maximum atomic E-state index is 5.36. The Morgan fingerprint density at radius 3 is 2.00 bits per heavy atom. The normalized spacial score (nSPS) is 11.0. The minimum Gasteiger partial charge on any atom is -0.497 e. The van der Waals surface area contributed by atoms with Crippen LogP contribution >= 0.6 is 0 Å². The third kappa shape index (κ3) is 2.40. The van der Waals surface area contributed by atoms with Gasteiger partial charge in [0.2, 0.25) is 0 Å². The molecule has 0 radical (unpaired) electrons. The Morgan fingerprint density at radius 2 is 1.35 bits per heavy atom. The Labute approximate surface area is 134 Å². The van der Waals surface area contributed by atoms with E-state index in [4.69, 9.17) is 9.47 Å². The number of fused-ring (bicyclic) bond motifs is 2. The summed E-state index contributed by atoms with van der Waals surface area (Å²) in [6.07, 6.45) is 0. The zero-order valence-electron chi connectivity index (χ0n) is 13.1. The molecule has 1 heterocycles. The minimum absolute atomic E-state index is 0.781. The summed E-state index contributed by atoms with van der Waals surface area (Å²) in [5.74, 6) is 1.56. The molecule has 0 aliphatic rings. The fourth-order valence-corrected chi connectivity index (χ4v) is 2.94. The average Bonchev–Trinajstić information content (AvgIpc) is 3.02. The molecule has 1 aromatic heterocycles. The van der Waals surface area contributed by atoms with Crippen molar-refractivity contribution in [1.82, 2.24) is 4.98 Å². The van der Waals surface area contributed by atoms with Crippen molar-refractivity contribution in [2.45, 2.75) is 0 Å². The van der Waals surface area contributed by atoms with Crippen LogP contribution in [-0.4, -0.2) is 19.2 Å². The highest BCUT2D eigenvalue weighted by Gasteiger charge is 2.08. The Kier molecular flexibility index (Phi) is 3.19. The van der Waals surface area contributed by atoms with E-state index in [1.807, 2.05) is 18.2 Å². The molecule has 0 saturated heterocycles. The molecule has 0 saturated carbocycles. The highest BCUT2D eigenvalue weighted by molar-refractivity contribution is 5.98. The van der Waals surface area contributed by atoms with Crippen LogP contribution in [0, 0.1) is 0 Å². The van der Waals surface area contributed by atoms with Gasteiger partial charge in [-0.15, -0.1) is 0 Å². The number of methoxy groups -OCH3 is 2. The van der Waals surface area contributed by atoms with Gasteiger partial charge >= 0.3 is 0 Å². The first-order valence-electron chi connectivity index (χ1n) is 7.52. The van der Waals surface area contributed by atoms with Crippen LogP contribution in [0.5, 0.6) is 11.5 Å². The third-order valence-corrected chi connectivity index (χ3v) is 4.15. The molecule has 0 unspecified atom stereocenters. The second-order valence-corrected chi connectivity index (χ2v) is 5.57. The maximum Gasteiger partial charge on any atom is 0.123 e. The van der Waals surface area contributed by atoms with Crippen LogP contribution in [0.4, 0.5) is 0 Å². The van der Waals surface area contributed by atoms with Crippen molar-refractivity contribution < 1.29 is 9.47 Å². The summed E-state index contributed by atoms with van der Waals surface area (Å²) >= 11 is 0. The number of hydrogen-bond donors (Lipinski definition) is 1. The zero-order chi connectivity index (χ0) is 15.8. The highest BCUT2D eigenvalue weighted by atomic mass is 16.5. The number of benzene rings is 3. The molecule has 0 fully saturated rings. The zero-order valence-corrected chi connectivity index (χ0v) is 13.1. The molecule has 0 aliphatic heterocycles. The smallest absolute Gasteiger partial charge is 0.123 e. The molecule has 0 aliphatic carbocycles. The Balaban J connectivity index is 1.90. The van der Waals surface area contributed by atoms with Crippen molar-refractivity contribution in [2.75, 3.05) is 14.2 Å². The lowest BCUT2D eigenvalue weighted by atomic mass is 10.1. The monoisotopic (exact) mass is 303 g/mol. The fourth-order valence-electron chi connectivity index (χ4n) is 2.94. The fraction of sp³-hybridized carbons (Fsp3) is 0.100. The molecule has 3 nitrogen and oxygen atoms in total. The first-order valence-corrected chi connectivity index (χ1v) is 7.52. The quantitative estimate of drug-likeness (QED) is 0.577. The first kappa shape index (κ1) is 13.7. The van der Waals surface area contributed by atoms with E-state index in [0.717, 1.165) is 28.3 Å². The SMILES string of the molecule is COc1cc(OC)cc(-c2cc3cc4ccccc4cc3[nH]2)c1. The second kappa shape index (κ2) is 5.36. The molecular weight excluding hydrogens is 286 g/mol. The first-order chi connectivity index (χ1) is 11.3. The Bertz CT molecular complexity index is 926. The van der Waals surface area contributed by atoms with Gasteiger partial charge in [-0.2, -0.15) is 0 Å². The summed E-state index contributed by atoms with van der Waals surface area (Å²) in [5, 5.41) is 3.67. The van der Waals surface area contributed by atoms with Crippen LogP contribution in [-0.2, 0) is 0 Å². The van der Waals surface area contributed by atoms with Crippen molar-refractivity contribution in [3.05, 3.63) is 60.7 Å². The van der Waals surface area contributed by atoms with Gasteiger partial charge in [0.05, 0.1) is 14.2 Å². The number of nitrogens with one attached hydrogen (secondary N) is 1. The van der Waals surface area contributed by atoms with Crippen molar-refractivity contribution in [3.63, 3.8) is 0 Å². The summed E-state index contributed by atoms with van der Waals surface area (Å²) < 4.78 is 10.7. The number of aromatic nitrogens is 1. The molecule has 114 valence electrons. The number of hydrogen-bond acceptors (Lipinski definition) is 2. The van der Waals surface area contributed by atoms with Crippen LogP contribution in [0.15, 0.2) is 60.7 Å². The molecule has 0 bridgehead atoms. The van der Waals surface area contributed by atoms with Crippen LogP contribution in [0.1, 0.15) is 0 Å². The number of aromatic amines is 1. The summed E-state index contributed by atoms with van der Waals surface area (Å²) in [6, 6.07) is 20.8. The van der Waals surface area contributed by atoms with E-state index in [0.29, 0.717) is 0 Å². The van der Waals surface area contributed by atoms with Gasteiger partial charge in [-0.25, -0.2) is 0 Å². The lowest BCUT2D eigenvalue weighted by Gasteiger charge is -2.07. The standard InChI is InChI=1S/C20H17NO2/c1-22-17-8-16(9-18(12-17)23-2)20-11-15-7-13-5-3-4-6-14(13)10-19(15)21-20/h3-12,21H,1-2H3. The summed E-state index contributed by atoms with van der Waals surface area (Å²) in [5.41, 5.74) is 3.22. The van der Waals surface area contributed by atoms with E-state index in [2.05, 4.69) is 47.4 Å². The summed E-state index contributed by atoms with van der Waals surface area (Å²) in [4.78, 5) is 3.50. The summed E-state index contributed by atoms with van der Waals surface area (Å²) in [7, 11) is 3.33. The van der Waals surface area contributed by atoms with Crippen LogP contribution < -0.4 is 9.47 Å². The van der Waals surface area contributed by atoms with Crippen LogP contribution in [0.2, 0.25) is 0 Å². The minimum atomic E-state index is 0.781. The van der Waals surface area contributed by atoms with Gasteiger partial charge in [-0.3, -0.25) is 0 Å². The van der Waals surface area contributed by atoms with Crippen molar-refractivity contribution in [2.24, 2.45) is 0 Å². The van der Waals surface area contributed by atoms with Crippen LogP contribution in [0.25, 0.3) is 32.9 Å². The number of H-pyrrole nitrogens is 1. The molecule has 1 N–H and O–H groups in total. The molecule has 3 aromatic carbocycles. The molecule has 0 atom stereocenters. The van der Waals surface area contributed by atoms with Crippen molar-refractivity contribution in [1.29, 1.82) is 0 Å².